The predicted octanol–water partition coefficient (Wildman–Crippen LogP) is 3.30. The van der Waals surface area contributed by atoms with E-state index in [1.165, 1.54) is 11.1 Å². The van der Waals surface area contributed by atoms with Crippen LogP contribution >= 0.6 is 0 Å². The average Bonchev–Trinajstić information content (AvgIpc) is 2.69. The summed E-state index contributed by atoms with van der Waals surface area (Å²) in [6.45, 7) is 9.45. The highest BCUT2D eigenvalue weighted by atomic mass is 15.2. The second kappa shape index (κ2) is 5.54. The van der Waals surface area contributed by atoms with E-state index in [9.17, 15) is 0 Å². The van der Waals surface area contributed by atoms with Gasteiger partial charge < -0.3 is 9.88 Å². The lowest BCUT2D eigenvalue weighted by molar-refractivity contribution is 0.819. The van der Waals surface area contributed by atoms with Crippen LogP contribution in [0.2, 0.25) is 0 Å². The molecule has 3 heteroatoms. The van der Waals surface area contributed by atoms with Crippen LogP contribution < -0.4 is 5.32 Å². The lowest BCUT2D eigenvalue weighted by atomic mass is 10.1. The maximum atomic E-state index is 4.48. The quantitative estimate of drug-likeness (QED) is 0.814. The number of rotatable bonds is 5. The number of hydrogen-bond donors (Lipinski definition) is 1. The second-order valence-corrected chi connectivity index (χ2v) is 4.43. The van der Waals surface area contributed by atoms with Crippen LogP contribution in [0, 0.1) is 13.8 Å². The fraction of sp³-hybridized carbons (Fsp3) is 0.267. The molecule has 0 bridgehead atoms. The predicted molar refractivity (Wildman–Crippen MR) is 75.7 cm³/mol. The number of hydrogen-bond acceptors (Lipinski definition) is 2. The molecule has 0 amide bonds. The molecule has 3 nitrogen and oxygen atoms in total. The first kappa shape index (κ1) is 12.4. The third-order valence-corrected chi connectivity index (χ3v) is 2.92. The van der Waals surface area contributed by atoms with E-state index in [1.54, 1.807) is 0 Å². The molecule has 0 unspecified atom stereocenters. The molecule has 1 N–H and O–H groups in total. The summed E-state index contributed by atoms with van der Waals surface area (Å²) in [4.78, 5) is 4.48. The third kappa shape index (κ3) is 2.80. The van der Waals surface area contributed by atoms with Gasteiger partial charge in [-0.05, 0) is 25.0 Å². The van der Waals surface area contributed by atoms with Crippen LogP contribution in [0.3, 0.4) is 0 Å². The number of anilines is 1. The van der Waals surface area contributed by atoms with Crippen molar-refractivity contribution in [2.24, 2.45) is 0 Å². The van der Waals surface area contributed by atoms with Crippen LogP contribution in [0.1, 0.15) is 16.8 Å². The van der Waals surface area contributed by atoms with Crippen molar-refractivity contribution in [3.8, 4) is 0 Å². The summed E-state index contributed by atoms with van der Waals surface area (Å²) in [6.07, 6.45) is 3.90. The summed E-state index contributed by atoms with van der Waals surface area (Å²) < 4.78 is 2.07. The van der Waals surface area contributed by atoms with Crippen LogP contribution in [0.25, 0.3) is 0 Å². The van der Waals surface area contributed by atoms with Crippen molar-refractivity contribution >= 4 is 5.95 Å². The molecule has 18 heavy (non-hydrogen) atoms. The third-order valence-electron chi connectivity index (χ3n) is 2.92. The van der Waals surface area contributed by atoms with E-state index in [0.717, 1.165) is 24.7 Å². The van der Waals surface area contributed by atoms with Crippen LogP contribution in [-0.2, 0) is 13.1 Å². The van der Waals surface area contributed by atoms with E-state index in [1.807, 2.05) is 19.2 Å². The molecule has 0 spiro atoms. The van der Waals surface area contributed by atoms with E-state index < -0.39 is 0 Å². The Balaban J connectivity index is 2.10. The smallest absolute Gasteiger partial charge is 0.203 e. The molecule has 0 saturated heterocycles. The van der Waals surface area contributed by atoms with Crippen LogP contribution in [0.15, 0.2) is 43.1 Å². The van der Waals surface area contributed by atoms with Gasteiger partial charge in [0.25, 0.3) is 0 Å². The molecule has 2 rings (SSSR count). The van der Waals surface area contributed by atoms with Gasteiger partial charge in [0.05, 0.1) is 5.69 Å². The summed E-state index contributed by atoms with van der Waals surface area (Å²) >= 11 is 0. The van der Waals surface area contributed by atoms with E-state index in [-0.39, 0.29) is 0 Å². The first-order chi connectivity index (χ1) is 8.70. The highest BCUT2D eigenvalue weighted by molar-refractivity contribution is 5.34. The summed E-state index contributed by atoms with van der Waals surface area (Å²) in [6, 6.07) is 8.38. The molecule has 1 heterocycles. The minimum absolute atomic E-state index is 0.775. The average molecular weight is 241 g/mol. The van der Waals surface area contributed by atoms with Crippen molar-refractivity contribution in [1.82, 2.24) is 9.55 Å². The van der Waals surface area contributed by atoms with Crippen molar-refractivity contribution in [1.29, 1.82) is 0 Å². The number of imidazole rings is 1. The summed E-state index contributed by atoms with van der Waals surface area (Å²) in [5.74, 6) is 0.899. The lowest BCUT2D eigenvalue weighted by Gasteiger charge is -2.09. The van der Waals surface area contributed by atoms with Crippen molar-refractivity contribution in [3.63, 3.8) is 0 Å². The molecule has 0 aliphatic heterocycles. The Bertz CT molecular complexity index is 540. The van der Waals surface area contributed by atoms with Gasteiger partial charge in [0.15, 0.2) is 0 Å². The molecule has 0 aliphatic rings. The molecule has 0 fully saturated rings. The summed E-state index contributed by atoms with van der Waals surface area (Å²) in [5, 5.41) is 3.38. The van der Waals surface area contributed by atoms with Crippen LogP contribution in [-0.4, -0.2) is 9.55 Å². The fourth-order valence-electron chi connectivity index (χ4n) is 1.95. The van der Waals surface area contributed by atoms with Gasteiger partial charge in [-0.3, -0.25) is 0 Å². The molecular weight excluding hydrogens is 222 g/mol. The van der Waals surface area contributed by atoms with Gasteiger partial charge >= 0.3 is 0 Å². The zero-order valence-corrected chi connectivity index (χ0v) is 11.0. The molecule has 2 aromatic rings. The van der Waals surface area contributed by atoms with Gasteiger partial charge in [-0.1, -0.05) is 30.3 Å². The molecule has 0 radical (unpaired) electrons. The van der Waals surface area contributed by atoms with Gasteiger partial charge in [-0.2, -0.15) is 0 Å². The minimum atomic E-state index is 0.775. The van der Waals surface area contributed by atoms with E-state index in [4.69, 9.17) is 0 Å². The Labute approximate surface area is 108 Å². The Kier molecular flexibility index (Phi) is 3.82. The summed E-state index contributed by atoms with van der Waals surface area (Å²) in [5.41, 5.74) is 3.61. The Morgan fingerprint density at radius 1 is 1.33 bits per heavy atom. The van der Waals surface area contributed by atoms with Crippen LogP contribution in [0.5, 0.6) is 0 Å². The highest BCUT2D eigenvalue weighted by Gasteiger charge is 2.04. The number of nitrogens with zero attached hydrogens (tertiary/aromatic N) is 2. The van der Waals surface area contributed by atoms with E-state index in [2.05, 4.69) is 52.6 Å². The van der Waals surface area contributed by atoms with Gasteiger partial charge in [0.2, 0.25) is 5.95 Å². The molecule has 1 aromatic carbocycles. The van der Waals surface area contributed by atoms with Crippen LogP contribution in [0.4, 0.5) is 5.95 Å². The zero-order chi connectivity index (χ0) is 13.0. The Morgan fingerprint density at radius 2 is 2.11 bits per heavy atom. The fourth-order valence-corrected chi connectivity index (χ4v) is 1.95. The molecule has 94 valence electrons. The first-order valence-corrected chi connectivity index (χ1v) is 6.13. The van der Waals surface area contributed by atoms with Crippen molar-refractivity contribution < 1.29 is 0 Å². The van der Waals surface area contributed by atoms with E-state index in [0.29, 0.717) is 0 Å². The summed E-state index contributed by atoms with van der Waals surface area (Å²) in [7, 11) is 0. The topological polar surface area (TPSA) is 29.9 Å². The maximum Gasteiger partial charge on any atom is 0.203 e. The minimum Gasteiger partial charge on any atom is -0.352 e. The molecular formula is C15H19N3. The maximum absolute atomic E-state index is 4.48. The van der Waals surface area contributed by atoms with Gasteiger partial charge in [-0.15, -0.1) is 6.58 Å². The Morgan fingerprint density at radius 3 is 2.83 bits per heavy atom. The van der Waals surface area contributed by atoms with Gasteiger partial charge in [-0.25, -0.2) is 4.98 Å². The van der Waals surface area contributed by atoms with Crippen molar-refractivity contribution in [2.75, 3.05) is 5.32 Å². The zero-order valence-electron chi connectivity index (χ0n) is 11.0. The number of nitrogens with one attached hydrogen (secondary N) is 1. The number of aromatic nitrogens is 2. The van der Waals surface area contributed by atoms with Gasteiger partial charge in [0, 0.05) is 19.3 Å². The number of benzene rings is 1. The number of aryl methyl sites for hydroxylation is 2. The molecule has 0 atom stereocenters. The first-order valence-electron chi connectivity index (χ1n) is 6.13. The monoisotopic (exact) mass is 241 g/mol. The van der Waals surface area contributed by atoms with Crippen molar-refractivity contribution in [2.45, 2.75) is 26.9 Å². The SMILES string of the molecule is C=CCn1cc(C)nc1NCc1ccccc1C. The van der Waals surface area contributed by atoms with E-state index >= 15 is 0 Å². The largest absolute Gasteiger partial charge is 0.352 e. The second-order valence-electron chi connectivity index (χ2n) is 4.43. The standard InChI is InChI=1S/C15H19N3/c1-4-9-18-11-13(3)17-15(18)16-10-14-8-6-5-7-12(14)2/h4-8,11H,1,9-10H2,2-3H3,(H,16,17). The van der Waals surface area contributed by atoms with Gasteiger partial charge in [0.1, 0.15) is 0 Å². The molecule has 0 aliphatic carbocycles. The van der Waals surface area contributed by atoms with Crippen molar-refractivity contribution in [3.05, 3.63) is 59.9 Å². The molecule has 0 saturated carbocycles. The normalized spacial score (nSPS) is 10.3. The number of allylic oxidation sites excluding steroid dienone is 1. The Hall–Kier alpha value is -2.03. The highest BCUT2D eigenvalue weighted by Crippen LogP contribution is 2.12. The molecule has 1 aromatic heterocycles. The lowest BCUT2D eigenvalue weighted by Crippen LogP contribution is -2.07.